The maximum absolute atomic E-state index is 12.0. The van der Waals surface area contributed by atoms with Crippen LogP contribution in [0.25, 0.3) is 0 Å². The molecule has 0 saturated heterocycles. The molecule has 0 heterocycles. The highest BCUT2D eigenvalue weighted by molar-refractivity contribution is 5.74. The fourth-order valence-corrected chi connectivity index (χ4v) is 3.35. The zero-order valence-corrected chi connectivity index (χ0v) is 15.5. The number of aliphatic carboxylic acids is 1. The van der Waals surface area contributed by atoms with Gasteiger partial charge in [-0.25, -0.2) is 0 Å². The van der Waals surface area contributed by atoms with Crippen LogP contribution in [0.1, 0.15) is 32.1 Å². The van der Waals surface area contributed by atoms with Gasteiger partial charge < -0.3 is 24.1 Å². The molecule has 2 bridgehead atoms. The quantitative estimate of drug-likeness (QED) is 0.273. The van der Waals surface area contributed by atoms with E-state index in [1.54, 1.807) is 0 Å². The molecule has 0 spiro atoms. The summed E-state index contributed by atoms with van der Waals surface area (Å²) < 4.78 is 20.8. The van der Waals surface area contributed by atoms with Gasteiger partial charge in [-0.3, -0.25) is 14.4 Å². The zero-order chi connectivity index (χ0) is 19.5. The molecular formula is C19H28O8. The van der Waals surface area contributed by atoms with Gasteiger partial charge in [0.2, 0.25) is 0 Å². The Morgan fingerprint density at radius 1 is 0.852 bits per heavy atom. The van der Waals surface area contributed by atoms with Crippen molar-refractivity contribution in [1.82, 2.24) is 0 Å². The lowest BCUT2D eigenvalue weighted by molar-refractivity contribution is -0.151. The summed E-state index contributed by atoms with van der Waals surface area (Å²) in [6, 6.07) is 0. The summed E-state index contributed by atoms with van der Waals surface area (Å²) in [6.45, 7) is 1.65. The van der Waals surface area contributed by atoms with Gasteiger partial charge >= 0.3 is 17.9 Å². The number of hydrogen-bond donors (Lipinski definition) is 1. The van der Waals surface area contributed by atoms with Crippen molar-refractivity contribution in [2.24, 2.45) is 17.8 Å². The lowest BCUT2D eigenvalue weighted by atomic mass is 9.94. The maximum atomic E-state index is 12.0. The largest absolute Gasteiger partial charge is 0.481 e. The van der Waals surface area contributed by atoms with E-state index >= 15 is 0 Å². The van der Waals surface area contributed by atoms with Crippen molar-refractivity contribution < 1.29 is 38.4 Å². The first-order valence-corrected chi connectivity index (χ1v) is 9.44. The van der Waals surface area contributed by atoms with E-state index in [2.05, 4.69) is 12.2 Å². The van der Waals surface area contributed by atoms with Crippen molar-refractivity contribution in [3.63, 3.8) is 0 Å². The zero-order valence-electron chi connectivity index (χ0n) is 15.5. The Bertz CT molecular complexity index is 530. The standard InChI is InChI=1S/C19H28O8/c20-17(21)2-1-3-18(22)26-10-8-24-6-7-25-9-11-27-19(23)16-13-14-4-5-15(16)12-14/h4-5,14-16H,1-3,6-13H2,(H,20,21). The maximum Gasteiger partial charge on any atom is 0.309 e. The second kappa shape index (κ2) is 11.7. The minimum Gasteiger partial charge on any atom is -0.481 e. The fourth-order valence-electron chi connectivity index (χ4n) is 3.35. The molecule has 2 aliphatic rings. The number of hydrogen-bond acceptors (Lipinski definition) is 7. The molecule has 8 nitrogen and oxygen atoms in total. The molecule has 0 aromatic carbocycles. The van der Waals surface area contributed by atoms with Crippen LogP contribution in [-0.4, -0.2) is 62.7 Å². The Morgan fingerprint density at radius 3 is 2.11 bits per heavy atom. The molecule has 2 aliphatic carbocycles. The molecule has 3 unspecified atom stereocenters. The highest BCUT2D eigenvalue weighted by Crippen LogP contribution is 2.43. The minimum absolute atomic E-state index is 0.00942. The number of fused-ring (bicyclic) bond motifs is 2. The highest BCUT2D eigenvalue weighted by Gasteiger charge is 2.40. The van der Waals surface area contributed by atoms with E-state index < -0.39 is 11.9 Å². The summed E-state index contributed by atoms with van der Waals surface area (Å²) in [6.07, 6.45) is 6.61. The number of ether oxygens (including phenoxy) is 4. The third-order valence-electron chi connectivity index (χ3n) is 4.69. The van der Waals surface area contributed by atoms with Crippen LogP contribution in [0, 0.1) is 17.8 Å². The summed E-state index contributed by atoms with van der Waals surface area (Å²) in [5.74, 6) is -0.576. The van der Waals surface area contributed by atoms with E-state index in [4.69, 9.17) is 24.1 Å². The van der Waals surface area contributed by atoms with Crippen molar-refractivity contribution in [3.8, 4) is 0 Å². The highest BCUT2D eigenvalue weighted by atomic mass is 16.6. The fraction of sp³-hybridized carbons (Fsp3) is 0.737. The first kappa shape index (κ1) is 21.4. The van der Waals surface area contributed by atoms with Crippen LogP contribution in [-0.2, 0) is 33.3 Å². The molecule has 0 aliphatic heterocycles. The number of carboxylic acids is 1. The van der Waals surface area contributed by atoms with E-state index in [1.807, 2.05) is 0 Å². The van der Waals surface area contributed by atoms with Gasteiger partial charge in [-0.15, -0.1) is 0 Å². The number of carbonyl (C=O) groups is 3. The topological polar surface area (TPSA) is 108 Å². The summed E-state index contributed by atoms with van der Waals surface area (Å²) in [5, 5.41) is 8.46. The van der Waals surface area contributed by atoms with Gasteiger partial charge in [0.05, 0.1) is 32.3 Å². The van der Waals surface area contributed by atoms with Crippen LogP contribution in [0.4, 0.5) is 0 Å². The van der Waals surface area contributed by atoms with E-state index in [9.17, 15) is 14.4 Å². The molecule has 0 radical (unpaired) electrons. The van der Waals surface area contributed by atoms with E-state index in [1.165, 1.54) is 0 Å². The van der Waals surface area contributed by atoms with Crippen molar-refractivity contribution in [1.29, 1.82) is 0 Å². The lowest BCUT2D eigenvalue weighted by Crippen LogP contribution is -2.23. The van der Waals surface area contributed by atoms with Gasteiger partial charge in [0.15, 0.2) is 0 Å². The van der Waals surface area contributed by atoms with Crippen molar-refractivity contribution in [2.75, 3.05) is 39.6 Å². The molecule has 27 heavy (non-hydrogen) atoms. The molecular weight excluding hydrogens is 356 g/mol. The summed E-state index contributed by atoms with van der Waals surface area (Å²) in [4.78, 5) is 33.6. The number of rotatable bonds is 14. The average molecular weight is 384 g/mol. The number of esters is 2. The first-order valence-electron chi connectivity index (χ1n) is 9.44. The van der Waals surface area contributed by atoms with Crippen LogP contribution in [0.3, 0.4) is 0 Å². The van der Waals surface area contributed by atoms with E-state index in [-0.39, 0.29) is 51.0 Å². The van der Waals surface area contributed by atoms with Gasteiger partial charge in [0.25, 0.3) is 0 Å². The molecule has 0 amide bonds. The molecule has 0 aromatic rings. The Morgan fingerprint density at radius 2 is 1.52 bits per heavy atom. The monoisotopic (exact) mass is 384 g/mol. The van der Waals surface area contributed by atoms with Gasteiger partial charge in [0, 0.05) is 12.8 Å². The molecule has 1 N–H and O–H groups in total. The van der Waals surface area contributed by atoms with Crippen LogP contribution in [0.15, 0.2) is 12.2 Å². The molecule has 3 atom stereocenters. The molecule has 1 fully saturated rings. The van der Waals surface area contributed by atoms with Crippen LogP contribution in [0.2, 0.25) is 0 Å². The van der Waals surface area contributed by atoms with Crippen LogP contribution < -0.4 is 0 Å². The van der Waals surface area contributed by atoms with Gasteiger partial charge in [-0.1, -0.05) is 12.2 Å². The molecule has 0 aromatic heterocycles. The van der Waals surface area contributed by atoms with Gasteiger partial charge in [-0.05, 0) is 31.1 Å². The Kier molecular flexibility index (Phi) is 9.27. The van der Waals surface area contributed by atoms with Crippen molar-refractivity contribution in [3.05, 3.63) is 12.2 Å². The number of allylic oxidation sites excluding steroid dienone is 2. The number of carboxylic acid groups (broad SMARTS) is 1. The third-order valence-corrected chi connectivity index (χ3v) is 4.69. The molecule has 1 saturated carbocycles. The van der Waals surface area contributed by atoms with Gasteiger partial charge in [0.1, 0.15) is 13.2 Å². The van der Waals surface area contributed by atoms with Crippen LogP contribution >= 0.6 is 0 Å². The average Bonchev–Trinajstić information content (AvgIpc) is 3.26. The summed E-state index contributed by atoms with van der Waals surface area (Å²) in [5.41, 5.74) is 0. The smallest absolute Gasteiger partial charge is 0.309 e. The summed E-state index contributed by atoms with van der Waals surface area (Å²) >= 11 is 0. The van der Waals surface area contributed by atoms with E-state index in [0.717, 1.165) is 12.8 Å². The minimum atomic E-state index is -0.927. The predicted molar refractivity (Wildman–Crippen MR) is 93.9 cm³/mol. The Labute approximate surface area is 158 Å². The SMILES string of the molecule is O=C(O)CCCC(=O)OCCOCCOCCOC(=O)C1CC2C=CC1C2. The predicted octanol–water partition coefficient (Wildman–Crippen LogP) is 1.57. The van der Waals surface area contributed by atoms with Crippen LogP contribution in [0.5, 0.6) is 0 Å². The lowest BCUT2D eigenvalue weighted by Gasteiger charge is -2.16. The molecule has 8 heteroatoms. The molecule has 2 rings (SSSR count). The number of carbonyl (C=O) groups excluding carboxylic acids is 2. The summed E-state index contributed by atoms with van der Waals surface area (Å²) in [7, 11) is 0. The molecule has 152 valence electrons. The van der Waals surface area contributed by atoms with E-state index in [0.29, 0.717) is 31.7 Å². The normalized spacial score (nSPS) is 22.7. The Hall–Kier alpha value is -1.93. The third kappa shape index (κ3) is 8.09. The second-order valence-corrected chi connectivity index (χ2v) is 6.75. The Balaban J connectivity index is 1.34. The first-order chi connectivity index (χ1) is 13.1. The van der Waals surface area contributed by atoms with Crippen molar-refractivity contribution >= 4 is 17.9 Å². The van der Waals surface area contributed by atoms with Gasteiger partial charge in [-0.2, -0.15) is 0 Å². The van der Waals surface area contributed by atoms with Crippen molar-refractivity contribution in [2.45, 2.75) is 32.1 Å². The second-order valence-electron chi connectivity index (χ2n) is 6.75.